The molecule has 1 unspecified atom stereocenters. The molecule has 5 nitrogen and oxygen atoms in total. The summed E-state index contributed by atoms with van der Waals surface area (Å²) in [4.78, 5) is 4.53. The van der Waals surface area contributed by atoms with Gasteiger partial charge in [-0.05, 0) is 38.1 Å². The average Bonchev–Trinajstić information content (AvgIpc) is 2.76. The van der Waals surface area contributed by atoms with Crippen molar-refractivity contribution in [2.24, 2.45) is 0 Å². The zero-order valence-corrected chi connectivity index (χ0v) is 12.8. The van der Waals surface area contributed by atoms with E-state index in [1.54, 1.807) is 24.5 Å². The molecule has 3 rings (SSSR count). The molecule has 0 radical (unpaired) electrons. The maximum Gasteiger partial charge on any atom is 0.196 e. The topological polar surface area (TPSA) is 71.1 Å². The Labute approximate surface area is 124 Å². The lowest BCUT2D eigenvalue weighted by Gasteiger charge is -2.18. The van der Waals surface area contributed by atoms with Crippen molar-refractivity contribution in [1.82, 2.24) is 15.6 Å². The van der Waals surface area contributed by atoms with E-state index in [2.05, 4.69) is 15.6 Å². The van der Waals surface area contributed by atoms with Crippen LogP contribution in [0.5, 0.6) is 0 Å². The number of nitrogens with one attached hydrogen (secondary N) is 2. The fourth-order valence-corrected chi connectivity index (χ4v) is 4.58. The number of rotatable bonds is 2. The molecular formula is C15H19N3O2S. The van der Waals surface area contributed by atoms with Crippen LogP contribution in [0.4, 0.5) is 0 Å². The standard InChI is InChI=1S/C15H19N3O2S/c1-11-8-17-9-12-4-2-5-13(15(11)12)21(19,20)14-10-16-6-3-7-18-14/h2,4-5,8-9,14,16,18H,3,6-7,10H2,1H3. The molecule has 2 N–H and O–H groups in total. The lowest BCUT2D eigenvalue weighted by atomic mass is 10.1. The Hall–Kier alpha value is -1.50. The first kappa shape index (κ1) is 14.4. The highest BCUT2D eigenvalue weighted by molar-refractivity contribution is 7.92. The van der Waals surface area contributed by atoms with E-state index in [4.69, 9.17) is 0 Å². The van der Waals surface area contributed by atoms with Crippen LogP contribution < -0.4 is 10.6 Å². The Kier molecular flexibility index (Phi) is 3.93. The van der Waals surface area contributed by atoms with Gasteiger partial charge in [-0.1, -0.05) is 12.1 Å². The molecule has 0 bridgehead atoms. The van der Waals surface area contributed by atoms with Gasteiger partial charge in [0.05, 0.1) is 4.90 Å². The van der Waals surface area contributed by atoms with Crippen LogP contribution in [-0.2, 0) is 9.84 Å². The van der Waals surface area contributed by atoms with Gasteiger partial charge in [-0.3, -0.25) is 10.3 Å². The number of fused-ring (bicyclic) bond motifs is 1. The summed E-state index contributed by atoms with van der Waals surface area (Å²) in [6.45, 7) is 3.88. The third-order valence-electron chi connectivity index (χ3n) is 3.85. The lowest BCUT2D eigenvalue weighted by Crippen LogP contribution is -2.42. The van der Waals surface area contributed by atoms with E-state index >= 15 is 0 Å². The molecule has 1 saturated heterocycles. The fraction of sp³-hybridized carbons (Fsp3) is 0.400. The van der Waals surface area contributed by atoms with Gasteiger partial charge in [0, 0.05) is 29.7 Å². The minimum atomic E-state index is -3.44. The molecule has 0 saturated carbocycles. The molecule has 1 aliphatic rings. The molecule has 0 aliphatic carbocycles. The van der Waals surface area contributed by atoms with Crippen LogP contribution in [0.25, 0.3) is 10.8 Å². The third-order valence-corrected chi connectivity index (χ3v) is 5.88. The van der Waals surface area contributed by atoms with Crippen molar-refractivity contribution in [3.63, 3.8) is 0 Å². The Balaban J connectivity index is 2.14. The zero-order valence-electron chi connectivity index (χ0n) is 12.0. The van der Waals surface area contributed by atoms with Gasteiger partial charge < -0.3 is 5.32 Å². The number of hydrogen-bond donors (Lipinski definition) is 2. The highest BCUT2D eigenvalue weighted by Gasteiger charge is 2.29. The van der Waals surface area contributed by atoms with Crippen molar-refractivity contribution >= 4 is 20.6 Å². The summed E-state index contributed by atoms with van der Waals surface area (Å²) in [7, 11) is -3.44. The Morgan fingerprint density at radius 3 is 2.95 bits per heavy atom. The second-order valence-corrected chi connectivity index (χ2v) is 7.45. The molecule has 1 aliphatic heterocycles. The van der Waals surface area contributed by atoms with Crippen molar-refractivity contribution in [1.29, 1.82) is 0 Å². The van der Waals surface area contributed by atoms with Gasteiger partial charge >= 0.3 is 0 Å². The molecule has 2 aromatic rings. The first-order chi connectivity index (χ1) is 10.1. The number of aryl methyl sites for hydroxylation is 1. The molecule has 6 heteroatoms. The quantitative estimate of drug-likeness (QED) is 0.873. The van der Waals surface area contributed by atoms with Gasteiger partial charge in [0.2, 0.25) is 0 Å². The molecule has 2 heterocycles. The summed E-state index contributed by atoms with van der Waals surface area (Å²) in [5, 5.41) is 7.37. The second-order valence-electron chi connectivity index (χ2n) is 5.36. The predicted octanol–water partition coefficient (Wildman–Crippen LogP) is 1.23. The third kappa shape index (κ3) is 2.66. The molecule has 0 spiro atoms. The normalized spacial score (nSPS) is 20.3. The van der Waals surface area contributed by atoms with Gasteiger partial charge in [-0.2, -0.15) is 0 Å². The van der Waals surface area contributed by atoms with Crippen molar-refractivity contribution in [3.8, 4) is 0 Å². The molecule has 1 fully saturated rings. The lowest BCUT2D eigenvalue weighted by molar-refractivity contribution is 0.553. The van der Waals surface area contributed by atoms with Gasteiger partial charge in [-0.25, -0.2) is 8.42 Å². The number of sulfone groups is 1. The van der Waals surface area contributed by atoms with Crippen LogP contribution in [0.1, 0.15) is 12.0 Å². The smallest absolute Gasteiger partial charge is 0.196 e. The molecular weight excluding hydrogens is 286 g/mol. The van der Waals surface area contributed by atoms with E-state index < -0.39 is 15.2 Å². The Bertz CT molecular complexity index is 745. The van der Waals surface area contributed by atoms with Crippen LogP contribution in [0.2, 0.25) is 0 Å². The van der Waals surface area contributed by atoms with Crippen LogP contribution in [-0.4, -0.2) is 38.4 Å². The Morgan fingerprint density at radius 1 is 1.24 bits per heavy atom. The van der Waals surface area contributed by atoms with Crippen LogP contribution >= 0.6 is 0 Å². The second kappa shape index (κ2) is 5.71. The highest BCUT2D eigenvalue weighted by Crippen LogP contribution is 2.27. The first-order valence-corrected chi connectivity index (χ1v) is 8.66. The Morgan fingerprint density at radius 2 is 2.10 bits per heavy atom. The zero-order chi connectivity index (χ0) is 14.9. The van der Waals surface area contributed by atoms with E-state index in [1.807, 2.05) is 13.0 Å². The highest BCUT2D eigenvalue weighted by atomic mass is 32.2. The van der Waals surface area contributed by atoms with Gasteiger partial charge in [0.15, 0.2) is 9.84 Å². The summed E-state index contributed by atoms with van der Waals surface area (Å²) in [5.74, 6) is 0. The van der Waals surface area contributed by atoms with Crippen molar-refractivity contribution in [3.05, 3.63) is 36.2 Å². The maximum absolute atomic E-state index is 13.0. The summed E-state index contributed by atoms with van der Waals surface area (Å²) in [6.07, 6.45) is 4.35. The monoisotopic (exact) mass is 305 g/mol. The molecule has 1 atom stereocenters. The largest absolute Gasteiger partial charge is 0.314 e. The van der Waals surface area contributed by atoms with Crippen LogP contribution in [0, 0.1) is 6.92 Å². The van der Waals surface area contributed by atoms with Gasteiger partial charge in [0.1, 0.15) is 5.37 Å². The summed E-state index contributed by atoms with van der Waals surface area (Å²) in [6, 6.07) is 5.37. The number of aromatic nitrogens is 1. The summed E-state index contributed by atoms with van der Waals surface area (Å²) in [5.41, 5.74) is 0.883. The average molecular weight is 305 g/mol. The van der Waals surface area contributed by atoms with E-state index in [0.717, 1.165) is 29.3 Å². The molecule has 0 amide bonds. The fourth-order valence-electron chi connectivity index (χ4n) is 2.76. The first-order valence-electron chi connectivity index (χ1n) is 7.12. The van der Waals surface area contributed by atoms with Crippen molar-refractivity contribution in [2.75, 3.05) is 19.6 Å². The number of benzene rings is 1. The van der Waals surface area contributed by atoms with E-state index in [1.165, 1.54) is 0 Å². The van der Waals surface area contributed by atoms with E-state index in [9.17, 15) is 8.42 Å². The minimum Gasteiger partial charge on any atom is -0.314 e. The van der Waals surface area contributed by atoms with Gasteiger partial charge in [-0.15, -0.1) is 0 Å². The SMILES string of the molecule is Cc1cncc2cccc(S(=O)(=O)C3CNCCCN3)c12. The van der Waals surface area contributed by atoms with Gasteiger partial charge in [0.25, 0.3) is 0 Å². The maximum atomic E-state index is 13.0. The number of hydrogen-bond acceptors (Lipinski definition) is 5. The summed E-state index contributed by atoms with van der Waals surface area (Å²) >= 11 is 0. The van der Waals surface area contributed by atoms with Crippen molar-refractivity contribution < 1.29 is 8.42 Å². The van der Waals surface area contributed by atoms with E-state index in [-0.39, 0.29) is 0 Å². The predicted molar refractivity (Wildman–Crippen MR) is 82.9 cm³/mol. The van der Waals surface area contributed by atoms with Crippen LogP contribution in [0.15, 0.2) is 35.5 Å². The van der Waals surface area contributed by atoms with E-state index in [0.29, 0.717) is 18.0 Å². The number of pyridine rings is 1. The molecule has 21 heavy (non-hydrogen) atoms. The number of nitrogens with zero attached hydrogens (tertiary/aromatic N) is 1. The summed E-state index contributed by atoms with van der Waals surface area (Å²) < 4.78 is 26.0. The minimum absolute atomic E-state index is 0.390. The molecule has 1 aromatic carbocycles. The molecule has 112 valence electrons. The molecule has 1 aromatic heterocycles. The van der Waals surface area contributed by atoms with Crippen LogP contribution in [0.3, 0.4) is 0 Å². The van der Waals surface area contributed by atoms with Crippen molar-refractivity contribution in [2.45, 2.75) is 23.6 Å².